The molecule has 2 aromatic rings. The zero-order valence-corrected chi connectivity index (χ0v) is 14.6. The van der Waals surface area contributed by atoms with Crippen molar-refractivity contribution in [3.8, 4) is 0 Å². The highest BCUT2D eigenvalue weighted by Crippen LogP contribution is 2.27. The minimum atomic E-state index is -0.626. The van der Waals surface area contributed by atoms with E-state index >= 15 is 0 Å². The lowest BCUT2D eigenvalue weighted by molar-refractivity contribution is 0.0357. The molecule has 1 amide bonds. The number of amides is 1. The number of aromatic amines is 1. The maximum Gasteiger partial charge on any atom is 0.270 e. The smallest absolute Gasteiger partial charge is 0.270 e. The number of rotatable bonds is 3. The number of hydrogen-bond acceptors (Lipinski definition) is 3. The number of aliphatic hydroxyl groups is 1. The summed E-state index contributed by atoms with van der Waals surface area (Å²) in [5.74, 6) is 0.553. The summed E-state index contributed by atoms with van der Waals surface area (Å²) in [5.41, 5.74) is 0.974. The largest absolute Gasteiger partial charge is 0.390 e. The van der Waals surface area contributed by atoms with Crippen molar-refractivity contribution < 1.29 is 9.90 Å². The Morgan fingerprint density at radius 2 is 2.04 bits per heavy atom. The van der Waals surface area contributed by atoms with Gasteiger partial charge in [0, 0.05) is 28.9 Å². The molecule has 0 bridgehead atoms. The maximum atomic E-state index is 12.7. The number of likely N-dealkylation sites (tertiary alicyclic amines) is 1. The zero-order chi connectivity index (χ0) is 16.6. The Morgan fingerprint density at radius 1 is 1.35 bits per heavy atom. The predicted molar refractivity (Wildman–Crippen MR) is 95.1 cm³/mol. The van der Waals surface area contributed by atoms with E-state index in [0.717, 1.165) is 48.2 Å². The number of carbonyl (C=O) groups excluding carboxylic acids is 1. The Hall–Kier alpha value is -1.46. The normalized spacial score (nSPS) is 17.0. The van der Waals surface area contributed by atoms with Crippen LogP contribution in [0.3, 0.4) is 0 Å². The molecule has 0 radical (unpaired) electrons. The number of carbonyl (C=O) groups is 1. The van der Waals surface area contributed by atoms with E-state index < -0.39 is 5.60 Å². The quantitative estimate of drug-likeness (QED) is 0.754. The van der Waals surface area contributed by atoms with E-state index in [1.807, 2.05) is 43.0 Å². The molecular weight excluding hydrogens is 308 g/mol. The second-order valence-corrected chi connectivity index (χ2v) is 7.72. The molecule has 23 heavy (non-hydrogen) atoms. The van der Waals surface area contributed by atoms with E-state index in [-0.39, 0.29) is 5.91 Å². The van der Waals surface area contributed by atoms with Crippen LogP contribution < -0.4 is 0 Å². The molecule has 2 N–H and O–H groups in total. The highest BCUT2D eigenvalue weighted by atomic mass is 32.1. The standard InChI is InChI=1S/C18H24N2O2S/c1-18(2,22)11-12-5-7-20(8-6-12)17(21)16-10-13-9-14(23)3-4-15(13)19-16/h3-4,9-10,12,19,22-23H,5-8,11H2,1-2H3. The van der Waals surface area contributed by atoms with Gasteiger partial charge in [0.1, 0.15) is 5.69 Å². The first-order valence-corrected chi connectivity index (χ1v) is 8.60. The third-order valence-corrected chi connectivity index (χ3v) is 4.80. The van der Waals surface area contributed by atoms with Crippen LogP contribution in [-0.2, 0) is 0 Å². The lowest BCUT2D eigenvalue weighted by Gasteiger charge is -2.34. The third-order valence-electron chi connectivity index (χ3n) is 4.52. The molecule has 1 aliphatic heterocycles. The summed E-state index contributed by atoms with van der Waals surface area (Å²) in [6, 6.07) is 7.73. The first-order valence-electron chi connectivity index (χ1n) is 8.15. The number of H-pyrrole nitrogens is 1. The van der Waals surface area contributed by atoms with Gasteiger partial charge < -0.3 is 15.0 Å². The molecule has 0 saturated carbocycles. The maximum absolute atomic E-state index is 12.7. The lowest BCUT2D eigenvalue weighted by Crippen LogP contribution is -2.40. The number of piperidine rings is 1. The Kier molecular flexibility index (Phi) is 4.43. The van der Waals surface area contributed by atoms with Gasteiger partial charge in [-0.05, 0) is 63.3 Å². The van der Waals surface area contributed by atoms with Gasteiger partial charge in [0.25, 0.3) is 5.91 Å². The van der Waals surface area contributed by atoms with Crippen LogP contribution >= 0.6 is 12.6 Å². The molecule has 1 aromatic carbocycles. The first-order chi connectivity index (χ1) is 10.8. The molecule has 124 valence electrons. The molecule has 5 heteroatoms. The number of fused-ring (bicyclic) bond motifs is 1. The topological polar surface area (TPSA) is 56.3 Å². The molecule has 3 rings (SSSR count). The van der Waals surface area contributed by atoms with Crippen molar-refractivity contribution in [3.05, 3.63) is 30.0 Å². The van der Waals surface area contributed by atoms with Crippen molar-refractivity contribution in [2.45, 2.75) is 43.6 Å². The monoisotopic (exact) mass is 332 g/mol. The van der Waals surface area contributed by atoms with Gasteiger partial charge in [-0.25, -0.2) is 0 Å². The second kappa shape index (κ2) is 6.21. The van der Waals surface area contributed by atoms with Crippen molar-refractivity contribution in [2.75, 3.05) is 13.1 Å². The van der Waals surface area contributed by atoms with E-state index in [0.29, 0.717) is 11.6 Å². The third kappa shape index (κ3) is 3.90. The van der Waals surface area contributed by atoms with Crippen LogP contribution in [0.25, 0.3) is 10.9 Å². The second-order valence-electron chi connectivity index (χ2n) is 7.21. The molecule has 0 atom stereocenters. The number of thiol groups is 1. The summed E-state index contributed by atoms with van der Waals surface area (Å²) in [7, 11) is 0. The van der Waals surface area contributed by atoms with Gasteiger partial charge in [0.2, 0.25) is 0 Å². The fraction of sp³-hybridized carbons (Fsp3) is 0.500. The van der Waals surface area contributed by atoms with E-state index in [1.165, 1.54) is 0 Å². The number of benzene rings is 1. The Balaban J connectivity index is 1.66. The Bertz CT molecular complexity index is 709. The van der Waals surface area contributed by atoms with Crippen LogP contribution in [-0.4, -0.2) is 39.6 Å². The summed E-state index contributed by atoms with van der Waals surface area (Å²) in [5, 5.41) is 10.9. The molecule has 0 spiro atoms. The minimum absolute atomic E-state index is 0.0589. The number of nitrogens with zero attached hydrogens (tertiary/aromatic N) is 1. The molecular formula is C18H24N2O2S. The summed E-state index contributed by atoms with van der Waals surface area (Å²) >= 11 is 4.34. The average molecular weight is 332 g/mol. The van der Waals surface area contributed by atoms with Crippen molar-refractivity contribution >= 4 is 29.4 Å². The first kappa shape index (κ1) is 16.4. The van der Waals surface area contributed by atoms with Crippen LogP contribution in [0.4, 0.5) is 0 Å². The van der Waals surface area contributed by atoms with Gasteiger partial charge in [-0.3, -0.25) is 4.79 Å². The molecule has 1 aromatic heterocycles. The van der Waals surface area contributed by atoms with Crippen LogP contribution in [0.15, 0.2) is 29.2 Å². The molecule has 0 unspecified atom stereocenters. The van der Waals surface area contributed by atoms with E-state index in [9.17, 15) is 9.90 Å². The predicted octanol–water partition coefficient (Wildman–Crippen LogP) is 3.47. The van der Waals surface area contributed by atoms with Crippen molar-refractivity contribution in [3.63, 3.8) is 0 Å². The van der Waals surface area contributed by atoms with Crippen LogP contribution in [0.1, 0.15) is 43.6 Å². The summed E-state index contributed by atoms with van der Waals surface area (Å²) in [6.45, 7) is 5.22. The summed E-state index contributed by atoms with van der Waals surface area (Å²) in [6.07, 6.45) is 2.71. The molecule has 4 nitrogen and oxygen atoms in total. The average Bonchev–Trinajstić information content (AvgIpc) is 2.88. The SMILES string of the molecule is CC(C)(O)CC1CCN(C(=O)c2cc3cc(S)ccc3[nH]2)CC1. The number of nitrogens with one attached hydrogen (secondary N) is 1. The molecule has 1 saturated heterocycles. The van der Waals surface area contributed by atoms with Gasteiger partial charge in [-0.1, -0.05) is 0 Å². The van der Waals surface area contributed by atoms with E-state index in [4.69, 9.17) is 0 Å². The van der Waals surface area contributed by atoms with Gasteiger partial charge in [0.15, 0.2) is 0 Å². The van der Waals surface area contributed by atoms with Crippen LogP contribution in [0.5, 0.6) is 0 Å². The van der Waals surface area contributed by atoms with Crippen molar-refractivity contribution in [1.29, 1.82) is 0 Å². The molecule has 1 aliphatic rings. The van der Waals surface area contributed by atoms with E-state index in [2.05, 4.69) is 17.6 Å². The Morgan fingerprint density at radius 3 is 2.70 bits per heavy atom. The number of hydrogen-bond donors (Lipinski definition) is 3. The van der Waals surface area contributed by atoms with Gasteiger partial charge in [-0.2, -0.15) is 0 Å². The summed E-state index contributed by atoms with van der Waals surface area (Å²) in [4.78, 5) is 18.7. The Labute approximate surface area is 142 Å². The fourth-order valence-corrected chi connectivity index (χ4v) is 3.67. The van der Waals surface area contributed by atoms with Crippen molar-refractivity contribution in [2.24, 2.45) is 5.92 Å². The zero-order valence-electron chi connectivity index (χ0n) is 13.7. The van der Waals surface area contributed by atoms with Crippen LogP contribution in [0, 0.1) is 5.92 Å². The minimum Gasteiger partial charge on any atom is -0.390 e. The van der Waals surface area contributed by atoms with E-state index in [1.54, 1.807) is 0 Å². The highest BCUT2D eigenvalue weighted by Gasteiger charge is 2.27. The number of aromatic nitrogens is 1. The van der Waals surface area contributed by atoms with Gasteiger partial charge >= 0.3 is 0 Å². The van der Waals surface area contributed by atoms with Gasteiger partial charge in [0.05, 0.1) is 5.60 Å². The lowest BCUT2D eigenvalue weighted by atomic mass is 9.86. The fourth-order valence-electron chi connectivity index (χ4n) is 3.45. The molecule has 2 heterocycles. The highest BCUT2D eigenvalue weighted by molar-refractivity contribution is 7.80. The van der Waals surface area contributed by atoms with Crippen LogP contribution in [0.2, 0.25) is 0 Å². The molecule has 1 fully saturated rings. The van der Waals surface area contributed by atoms with Crippen molar-refractivity contribution in [1.82, 2.24) is 9.88 Å². The molecule has 0 aliphatic carbocycles. The summed E-state index contributed by atoms with van der Waals surface area (Å²) < 4.78 is 0. The van der Waals surface area contributed by atoms with Gasteiger partial charge in [-0.15, -0.1) is 12.6 Å².